The Bertz CT molecular complexity index is 944. The summed E-state index contributed by atoms with van der Waals surface area (Å²) < 4.78 is 0. The monoisotopic (exact) mass is 389 g/mol. The highest BCUT2D eigenvalue weighted by Gasteiger charge is 2.11. The Balaban J connectivity index is 2.18. The van der Waals surface area contributed by atoms with Crippen molar-refractivity contribution in [3.63, 3.8) is 0 Å². The molecule has 1 N–H and O–H groups in total. The van der Waals surface area contributed by atoms with Crippen LogP contribution in [-0.4, -0.2) is 9.97 Å². The maximum Gasteiger partial charge on any atom is 0.254 e. The molecular weight excluding hydrogens is 358 g/mol. The van der Waals surface area contributed by atoms with Gasteiger partial charge in [-0.3, -0.25) is 4.79 Å². The molecule has 0 atom stereocenters. The number of rotatable bonds is 10. The first kappa shape index (κ1) is 22.4. The summed E-state index contributed by atoms with van der Waals surface area (Å²) >= 11 is 0. The predicted octanol–water partition coefficient (Wildman–Crippen LogP) is 5.33. The molecule has 1 aromatic heterocycles. The average Bonchev–Trinajstić information content (AvgIpc) is 2.74. The van der Waals surface area contributed by atoms with Gasteiger partial charge in [0.05, 0.1) is 18.2 Å². The number of hydrogen-bond acceptors (Lipinski definition) is 3. The number of nitriles is 1. The van der Waals surface area contributed by atoms with E-state index in [2.05, 4.69) is 47.2 Å². The summed E-state index contributed by atoms with van der Waals surface area (Å²) in [6.45, 7) is 6.12. The van der Waals surface area contributed by atoms with Gasteiger partial charge in [0.25, 0.3) is 5.56 Å². The minimum atomic E-state index is 0.00478. The zero-order chi connectivity index (χ0) is 21.1. The van der Waals surface area contributed by atoms with Gasteiger partial charge in [-0.1, -0.05) is 62.8 Å². The van der Waals surface area contributed by atoms with Crippen molar-refractivity contribution in [2.45, 2.75) is 65.7 Å². The first-order chi connectivity index (χ1) is 14.1. The Labute approximate surface area is 174 Å². The van der Waals surface area contributed by atoms with Crippen LogP contribution in [0, 0.1) is 11.3 Å². The predicted molar refractivity (Wildman–Crippen MR) is 120 cm³/mol. The molecule has 0 amide bonds. The number of aromatic amines is 1. The van der Waals surface area contributed by atoms with Crippen molar-refractivity contribution in [1.82, 2.24) is 9.97 Å². The van der Waals surface area contributed by atoms with Crippen LogP contribution in [-0.2, 0) is 25.7 Å². The van der Waals surface area contributed by atoms with E-state index in [1.807, 2.05) is 32.1 Å². The number of nitrogens with zero attached hydrogens (tertiary/aromatic N) is 2. The lowest BCUT2D eigenvalue weighted by atomic mass is 9.98. The smallest absolute Gasteiger partial charge is 0.254 e. The van der Waals surface area contributed by atoms with Gasteiger partial charge < -0.3 is 4.98 Å². The fourth-order valence-electron chi connectivity index (χ4n) is 3.28. The molecule has 1 aromatic carbocycles. The van der Waals surface area contributed by atoms with Crippen LogP contribution in [0.1, 0.15) is 68.2 Å². The minimum Gasteiger partial charge on any atom is -0.310 e. The van der Waals surface area contributed by atoms with Crippen molar-refractivity contribution in [1.29, 1.82) is 5.26 Å². The molecule has 0 spiro atoms. The highest BCUT2D eigenvalue weighted by atomic mass is 16.1. The SMILES string of the molecule is C/C=C\C=C(/CC#N)c1ccc(CCc2c(CCCC)nc(CC)[nH]c2=O)cc1. The second kappa shape index (κ2) is 11.8. The fraction of sp³-hybridized carbons (Fsp3) is 0.400. The van der Waals surface area contributed by atoms with E-state index in [0.717, 1.165) is 60.3 Å². The molecule has 0 bridgehead atoms. The summed E-state index contributed by atoms with van der Waals surface area (Å²) in [4.78, 5) is 20.2. The van der Waals surface area contributed by atoms with Crippen LogP contribution in [0.5, 0.6) is 0 Å². The quantitative estimate of drug-likeness (QED) is 0.558. The van der Waals surface area contributed by atoms with Gasteiger partial charge in [-0.15, -0.1) is 0 Å². The number of hydrogen-bond donors (Lipinski definition) is 1. The molecule has 0 unspecified atom stereocenters. The molecule has 4 nitrogen and oxygen atoms in total. The summed E-state index contributed by atoms with van der Waals surface area (Å²) in [6, 6.07) is 10.5. The van der Waals surface area contributed by atoms with E-state index < -0.39 is 0 Å². The van der Waals surface area contributed by atoms with Crippen LogP contribution >= 0.6 is 0 Å². The summed E-state index contributed by atoms with van der Waals surface area (Å²) in [7, 11) is 0. The molecule has 2 rings (SSSR count). The largest absolute Gasteiger partial charge is 0.310 e. The van der Waals surface area contributed by atoms with Crippen LogP contribution in [0.2, 0.25) is 0 Å². The highest BCUT2D eigenvalue weighted by Crippen LogP contribution is 2.19. The number of unbranched alkanes of at least 4 members (excludes halogenated alkanes) is 1. The maximum absolute atomic E-state index is 12.6. The second-order valence-electron chi connectivity index (χ2n) is 7.14. The van der Waals surface area contributed by atoms with Gasteiger partial charge in [-0.25, -0.2) is 4.98 Å². The Morgan fingerprint density at radius 1 is 1.17 bits per heavy atom. The van der Waals surface area contributed by atoms with Crippen molar-refractivity contribution in [3.05, 3.63) is 81.1 Å². The van der Waals surface area contributed by atoms with Crippen molar-refractivity contribution in [3.8, 4) is 6.07 Å². The van der Waals surface area contributed by atoms with Gasteiger partial charge in [0, 0.05) is 12.0 Å². The van der Waals surface area contributed by atoms with Crippen LogP contribution in [0.3, 0.4) is 0 Å². The number of nitrogens with one attached hydrogen (secondary N) is 1. The summed E-state index contributed by atoms with van der Waals surface area (Å²) in [5, 5.41) is 9.06. The van der Waals surface area contributed by atoms with Gasteiger partial charge in [0.15, 0.2) is 0 Å². The number of H-pyrrole nitrogens is 1. The maximum atomic E-state index is 12.6. The third-order valence-electron chi connectivity index (χ3n) is 5.00. The van der Waals surface area contributed by atoms with E-state index in [-0.39, 0.29) is 5.56 Å². The number of benzene rings is 1. The van der Waals surface area contributed by atoms with Crippen molar-refractivity contribution < 1.29 is 0 Å². The van der Waals surface area contributed by atoms with Gasteiger partial charge in [0.2, 0.25) is 0 Å². The number of aryl methyl sites for hydroxylation is 3. The van der Waals surface area contributed by atoms with Crippen molar-refractivity contribution in [2.75, 3.05) is 0 Å². The van der Waals surface area contributed by atoms with Crippen molar-refractivity contribution in [2.24, 2.45) is 0 Å². The second-order valence-corrected chi connectivity index (χ2v) is 7.14. The van der Waals surface area contributed by atoms with E-state index in [4.69, 9.17) is 5.26 Å². The van der Waals surface area contributed by atoms with Gasteiger partial charge >= 0.3 is 0 Å². The van der Waals surface area contributed by atoms with Crippen LogP contribution in [0.15, 0.2) is 47.3 Å². The normalized spacial score (nSPS) is 11.7. The average molecular weight is 390 g/mol. The van der Waals surface area contributed by atoms with Crippen LogP contribution in [0.25, 0.3) is 5.57 Å². The first-order valence-corrected chi connectivity index (χ1v) is 10.5. The fourth-order valence-corrected chi connectivity index (χ4v) is 3.28. The van der Waals surface area contributed by atoms with E-state index in [0.29, 0.717) is 12.8 Å². The van der Waals surface area contributed by atoms with Gasteiger partial charge in [-0.05, 0) is 49.3 Å². The lowest BCUT2D eigenvalue weighted by molar-refractivity contribution is 0.735. The van der Waals surface area contributed by atoms with Crippen LogP contribution in [0.4, 0.5) is 0 Å². The molecule has 0 saturated carbocycles. The Kier molecular flexibility index (Phi) is 9.11. The Hall–Kier alpha value is -2.93. The van der Waals surface area contributed by atoms with E-state index >= 15 is 0 Å². The summed E-state index contributed by atoms with van der Waals surface area (Å²) in [6.07, 6.45) is 11.5. The molecule has 29 heavy (non-hydrogen) atoms. The van der Waals surface area contributed by atoms with Gasteiger partial charge in [0.1, 0.15) is 5.82 Å². The molecular formula is C25H31N3O. The molecule has 0 fully saturated rings. The van der Waals surface area contributed by atoms with Gasteiger partial charge in [-0.2, -0.15) is 5.26 Å². The minimum absolute atomic E-state index is 0.00478. The molecule has 152 valence electrons. The lowest BCUT2D eigenvalue weighted by Gasteiger charge is -2.10. The zero-order valence-corrected chi connectivity index (χ0v) is 17.8. The standard InChI is InChI=1S/C25H31N3O/c1-4-7-9-20(17-18-26)21-14-11-19(12-15-21)13-16-22-23(10-8-5-2)27-24(6-3)28-25(22)29/h4,7,9,11-12,14-15H,5-6,8,10,13,16-17H2,1-3H3,(H,27,28,29)/b7-4-,20-9+. The molecule has 4 heteroatoms. The third kappa shape index (κ3) is 6.57. The number of aromatic nitrogens is 2. The molecule has 0 aliphatic rings. The zero-order valence-electron chi connectivity index (χ0n) is 17.8. The molecule has 0 aliphatic carbocycles. The number of allylic oxidation sites excluding steroid dienone is 4. The Morgan fingerprint density at radius 2 is 1.93 bits per heavy atom. The van der Waals surface area contributed by atoms with Crippen LogP contribution < -0.4 is 5.56 Å². The molecule has 0 radical (unpaired) electrons. The highest BCUT2D eigenvalue weighted by molar-refractivity contribution is 5.68. The summed E-state index contributed by atoms with van der Waals surface area (Å²) in [5.41, 5.74) is 5.02. The molecule has 1 heterocycles. The lowest BCUT2D eigenvalue weighted by Crippen LogP contribution is -2.21. The Morgan fingerprint density at radius 3 is 2.55 bits per heavy atom. The molecule has 0 saturated heterocycles. The molecule has 0 aliphatic heterocycles. The van der Waals surface area contributed by atoms with Crippen molar-refractivity contribution >= 4 is 5.57 Å². The van der Waals surface area contributed by atoms with E-state index in [1.54, 1.807) is 0 Å². The first-order valence-electron chi connectivity index (χ1n) is 10.5. The molecule has 2 aromatic rings. The third-order valence-corrected chi connectivity index (χ3v) is 5.00. The van der Waals surface area contributed by atoms with E-state index in [1.165, 1.54) is 5.56 Å². The van der Waals surface area contributed by atoms with E-state index in [9.17, 15) is 4.79 Å². The topological polar surface area (TPSA) is 69.5 Å². The summed E-state index contributed by atoms with van der Waals surface area (Å²) in [5.74, 6) is 0.771.